The zero-order chi connectivity index (χ0) is 13.0. The zero-order valence-corrected chi connectivity index (χ0v) is 11.3. The van der Waals surface area contributed by atoms with Crippen LogP contribution in [0.2, 0.25) is 0 Å². The summed E-state index contributed by atoms with van der Waals surface area (Å²) >= 11 is 4.02. The van der Waals surface area contributed by atoms with Gasteiger partial charge in [-0.05, 0) is 19.3 Å². The third-order valence-electron chi connectivity index (χ3n) is 2.12. The minimum atomic E-state index is -4.12. The first kappa shape index (κ1) is 16.2. The SMILES string of the molecule is CCC(CC(S)CCS(=O)(=O)O)S(=O)(=O)O. The molecule has 0 heterocycles. The van der Waals surface area contributed by atoms with Crippen LogP contribution in [0.3, 0.4) is 0 Å². The molecule has 0 aliphatic carbocycles. The maximum Gasteiger partial charge on any atom is 0.267 e. The number of hydrogen-bond donors (Lipinski definition) is 3. The van der Waals surface area contributed by atoms with Gasteiger partial charge in [-0.3, -0.25) is 9.11 Å². The Morgan fingerprint density at radius 2 is 1.69 bits per heavy atom. The molecule has 0 saturated heterocycles. The molecule has 0 radical (unpaired) electrons. The van der Waals surface area contributed by atoms with Gasteiger partial charge in [-0.25, -0.2) is 0 Å². The molecule has 0 spiro atoms. The molecule has 0 rings (SSSR count). The van der Waals surface area contributed by atoms with Crippen molar-refractivity contribution in [3.63, 3.8) is 0 Å². The molecule has 9 heteroatoms. The molecular weight excluding hydrogens is 276 g/mol. The third kappa shape index (κ3) is 7.44. The summed E-state index contributed by atoms with van der Waals surface area (Å²) in [5, 5.41) is -1.45. The van der Waals surface area contributed by atoms with E-state index in [1.54, 1.807) is 6.92 Å². The standard InChI is InChI=1S/C7H16O6S3/c1-2-7(16(11,12)13)5-6(14)3-4-15(8,9)10/h6-7,14H,2-5H2,1H3,(H,8,9,10)(H,11,12,13). The van der Waals surface area contributed by atoms with Crippen LogP contribution in [0, 0.1) is 0 Å². The van der Waals surface area contributed by atoms with E-state index in [1.807, 2.05) is 0 Å². The summed E-state index contributed by atoms with van der Waals surface area (Å²) in [6.45, 7) is 1.60. The van der Waals surface area contributed by atoms with E-state index in [2.05, 4.69) is 12.6 Å². The van der Waals surface area contributed by atoms with Gasteiger partial charge < -0.3 is 0 Å². The average molecular weight is 292 g/mol. The van der Waals surface area contributed by atoms with Crippen LogP contribution in [-0.4, -0.2) is 42.2 Å². The van der Waals surface area contributed by atoms with E-state index in [-0.39, 0.29) is 19.3 Å². The zero-order valence-electron chi connectivity index (χ0n) is 8.77. The molecule has 0 aliphatic rings. The monoisotopic (exact) mass is 292 g/mol. The largest absolute Gasteiger partial charge is 0.286 e. The first-order valence-electron chi connectivity index (χ1n) is 4.65. The molecule has 0 fully saturated rings. The molecular formula is C7H16O6S3. The van der Waals surface area contributed by atoms with Crippen molar-refractivity contribution in [1.82, 2.24) is 0 Å². The maximum absolute atomic E-state index is 10.9. The minimum Gasteiger partial charge on any atom is -0.286 e. The van der Waals surface area contributed by atoms with Gasteiger partial charge >= 0.3 is 0 Å². The fraction of sp³-hybridized carbons (Fsp3) is 1.00. The van der Waals surface area contributed by atoms with Crippen LogP contribution in [0.4, 0.5) is 0 Å². The summed E-state index contributed by atoms with van der Waals surface area (Å²) in [6, 6.07) is 0. The first-order chi connectivity index (χ1) is 7.06. The molecule has 6 nitrogen and oxygen atoms in total. The summed E-state index contributed by atoms with van der Waals surface area (Å²) in [5.74, 6) is -0.469. The lowest BCUT2D eigenvalue weighted by molar-refractivity contribution is 0.456. The average Bonchev–Trinajstić information content (AvgIpc) is 2.07. The highest BCUT2D eigenvalue weighted by atomic mass is 32.2. The Kier molecular flexibility index (Phi) is 6.26. The van der Waals surface area contributed by atoms with Crippen molar-refractivity contribution in [3.05, 3.63) is 0 Å². The van der Waals surface area contributed by atoms with Gasteiger partial charge in [-0.1, -0.05) is 6.92 Å². The predicted molar refractivity (Wildman–Crippen MR) is 64.1 cm³/mol. The number of thiol groups is 1. The van der Waals surface area contributed by atoms with Gasteiger partial charge in [0, 0.05) is 5.25 Å². The lowest BCUT2D eigenvalue weighted by atomic mass is 10.1. The molecule has 2 atom stereocenters. The summed E-state index contributed by atoms with van der Waals surface area (Å²) in [7, 11) is -8.18. The minimum absolute atomic E-state index is 0.0357. The fourth-order valence-electron chi connectivity index (χ4n) is 1.21. The Balaban J connectivity index is 4.28. The molecule has 0 aliphatic heterocycles. The molecule has 2 unspecified atom stereocenters. The lowest BCUT2D eigenvalue weighted by Crippen LogP contribution is -2.24. The molecule has 98 valence electrons. The Hall–Kier alpha value is 0.170. The van der Waals surface area contributed by atoms with Crippen LogP contribution in [-0.2, 0) is 20.2 Å². The van der Waals surface area contributed by atoms with Crippen LogP contribution in [0.15, 0.2) is 0 Å². The molecule has 16 heavy (non-hydrogen) atoms. The molecule has 0 saturated carbocycles. The Morgan fingerprint density at radius 3 is 2.00 bits per heavy atom. The van der Waals surface area contributed by atoms with Crippen molar-refractivity contribution < 1.29 is 25.9 Å². The summed E-state index contributed by atoms with van der Waals surface area (Å²) in [5.41, 5.74) is 0. The Bertz CT molecular complexity index is 398. The van der Waals surface area contributed by atoms with E-state index in [0.29, 0.717) is 0 Å². The Morgan fingerprint density at radius 1 is 1.19 bits per heavy atom. The first-order valence-corrected chi connectivity index (χ1v) is 8.28. The van der Waals surface area contributed by atoms with Crippen molar-refractivity contribution >= 4 is 32.9 Å². The van der Waals surface area contributed by atoms with Crippen LogP contribution in [0.25, 0.3) is 0 Å². The second kappa shape index (κ2) is 6.20. The molecule has 0 bridgehead atoms. The van der Waals surface area contributed by atoms with Gasteiger partial charge in [-0.2, -0.15) is 29.5 Å². The lowest BCUT2D eigenvalue weighted by Gasteiger charge is -2.15. The van der Waals surface area contributed by atoms with Crippen LogP contribution >= 0.6 is 12.6 Å². The molecule has 0 aromatic carbocycles. The van der Waals surface area contributed by atoms with Gasteiger partial charge in [0.15, 0.2) is 0 Å². The van der Waals surface area contributed by atoms with Gasteiger partial charge in [0.25, 0.3) is 20.2 Å². The van der Waals surface area contributed by atoms with Crippen molar-refractivity contribution in [3.8, 4) is 0 Å². The highest BCUT2D eigenvalue weighted by Gasteiger charge is 2.24. The van der Waals surface area contributed by atoms with Gasteiger partial charge in [0.2, 0.25) is 0 Å². The summed E-state index contributed by atoms with van der Waals surface area (Å²) in [6.07, 6.45) is 0.309. The second-order valence-electron chi connectivity index (χ2n) is 3.51. The van der Waals surface area contributed by atoms with Gasteiger partial charge in [0.05, 0.1) is 11.0 Å². The van der Waals surface area contributed by atoms with E-state index in [4.69, 9.17) is 9.11 Å². The highest BCUT2D eigenvalue weighted by molar-refractivity contribution is 7.86. The van der Waals surface area contributed by atoms with E-state index in [9.17, 15) is 16.8 Å². The fourth-order valence-corrected chi connectivity index (χ4v) is 3.39. The summed E-state index contributed by atoms with van der Waals surface area (Å²) < 4.78 is 59.9. The smallest absolute Gasteiger partial charge is 0.267 e. The van der Waals surface area contributed by atoms with Crippen LogP contribution in [0.1, 0.15) is 26.2 Å². The normalized spacial score (nSPS) is 17.0. The summed E-state index contributed by atoms with van der Waals surface area (Å²) in [4.78, 5) is 0. The quantitative estimate of drug-likeness (QED) is 0.469. The molecule has 0 aromatic heterocycles. The van der Waals surface area contributed by atoms with E-state index in [1.165, 1.54) is 0 Å². The number of rotatable bonds is 7. The molecule has 0 aromatic rings. The maximum atomic E-state index is 10.9. The van der Waals surface area contributed by atoms with Crippen LogP contribution < -0.4 is 0 Å². The third-order valence-corrected chi connectivity index (χ3v) is 4.71. The molecule has 0 amide bonds. The topological polar surface area (TPSA) is 109 Å². The second-order valence-corrected chi connectivity index (χ2v) is 7.51. The van der Waals surface area contributed by atoms with Crippen molar-refractivity contribution in [2.45, 2.75) is 36.7 Å². The van der Waals surface area contributed by atoms with Crippen molar-refractivity contribution in [1.29, 1.82) is 0 Å². The van der Waals surface area contributed by atoms with Gasteiger partial charge in [0.1, 0.15) is 0 Å². The van der Waals surface area contributed by atoms with Gasteiger partial charge in [-0.15, -0.1) is 0 Å². The van der Waals surface area contributed by atoms with E-state index < -0.39 is 36.5 Å². The van der Waals surface area contributed by atoms with E-state index >= 15 is 0 Å². The highest BCUT2D eigenvalue weighted by Crippen LogP contribution is 2.17. The molecule has 2 N–H and O–H groups in total. The number of hydrogen-bond acceptors (Lipinski definition) is 5. The van der Waals surface area contributed by atoms with Crippen LogP contribution in [0.5, 0.6) is 0 Å². The van der Waals surface area contributed by atoms with Crippen molar-refractivity contribution in [2.24, 2.45) is 0 Å². The Labute approximate surface area is 101 Å². The van der Waals surface area contributed by atoms with Crippen molar-refractivity contribution in [2.75, 3.05) is 5.75 Å². The predicted octanol–water partition coefficient (Wildman–Crippen LogP) is 0.619. The van der Waals surface area contributed by atoms with E-state index in [0.717, 1.165) is 0 Å².